The number of carbonyl (C=O) groups is 1. The summed E-state index contributed by atoms with van der Waals surface area (Å²) in [6, 6.07) is 5.88. The highest BCUT2D eigenvalue weighted by atomic mass is 19.1. The van der Waals surface area contributed by atoms with Crippen LogP contribution in [-0.4, -0.2) is 16.0 Å². The lowest BCUT2D eigenvalue weighted by Gasteiger charge is -2.29. The molecule has 1 amide bonds. The van der Waals surface area contributed by atoms with Crippen LogP contribution in [0.3, 0.4) is 0 Å². The van der Waals surface area contributed by atoms with Gasteiger partial charge in [0.15, 0.2) is 5.82 Å². The zero-order valence-electron chi connectivity index (χ0n) is 13.3. The summed E-state index contributed by atoms with van der Waals surface area (Å²) >= 11 is 0. The van der Waals surface area contributed by atoms with Crippen molar-refractivity contribution in [2.75, 3.05) is 0 Å². The molecule has 0 saturated heterocycles. The number of aromatic nitrogens is 2. The Morgan fingerprint density at radius 1 is 1.30 bits per heavy atom. The largest absolute Gasteiger partial charge is 0.344 e. The number of hydrogen-bond acceptors (Lipinski definition) is 4. The molecule has 1 heterocycles. The van der Waals surface area contributed by atoms with Gasteiger partial charge in [0.2, 0.25) is 11.8 Å². The maximum absolute atomic E-state index is 13.2. The van der Waals surface area contributed by atoms with Crippen molar-refractivity contribution in [1.82, 2.24) is 15.5 Å². The van der Waals surface area contributed by atoms with Gasteiger partial charge in [-0.25, -0.2) is 4.39 Å². The summed E-state index contributed by atoms with van der Waals surface area (Å²) in [6.45, 7) is 3.55. The summed E-state index contributed by atoms with van der Waals surface area (Å²) in [7, 11) is 0. The summed E-state index contributed by atoms with van der Waals surface area (Å²) < 4.78 is 18.3. The van der Waals surface area contributed by atoms with Crippen molar-refractivity contribution in [1.29, 1.82) is 0 Å². The zero-order chi connectivity index (χ0) is 16.4. The molecule has 0 spiro atoms. The minimum Gasteiger partial charge on any atom is -0.344 e. The molecule has 0 radical (unpaired) electrons. The molecule has 0 bridgehead atoms. The van der Waals surface area contributed by atoms with Crippen molar-refractivity contribution in [3.8, 4) is 0 Å². The SMILES string of the molecule is Cc1noc(C(C)NC(=O)C2(c3ccc(F)cc3)CCCC2)n1. The molecule has 1 unspecified atom stereocenters. The second-order valence-corrected chi connectivity index (χ2v) is 6.17. The van der Waals surface area contributed by atoms with Crippen molar-refractivity contribution in [3.05, 3.63) is 47.4 Å². The number of rotatable bonds is 4. The minimum atomic E-state index is -0.600. The van der Waals surface area contributed by atoms with Crippen molar-refractivity contribution in [2.24, 2.45) is 0 Å². The first kappa shape index (κ1) is 15.6. The Hall–Kier alpha value is -2.24. The van der Waals surface area contributed by atoms with Gasteiger partial charge in [0.25, 0.3) is 0 Å². The molecule has 1 aromatic carbocycles. The quantitative estimate of drug-likeness (QED) is 0.940. The van der Waals surface area contributed by atoms with Crippen LogP contribution in [0.2, 0.25) is 0 Å². The molecule has 1 saturated carbocycles. The maximum Gasteiger partial charge on any atom is 0.248 e. The Kier molecular flexibility index (Phi) is 4.15. The van der Waals surface area contributed by atoms with Crippen LogP contribution in [0.1, 0.15) is 55.9 Å². The molecule has 2 aromatic rings. The molecular formula is C17H20FN3O2. The van der Waals surface area contributed by atoms with Crippen LogP contribution in [-0.2, 0) is 10.2 Å². The summed E-state index contributed by atoms with van der Waals surface area (Å²) in [5, 5.41) is 6.73. The smallest absolute Gasteiger partial charge is 0.248 e. The van der Waals surface area contributed by atoms with E-state index in [0.717, 1.165) is 31.2 Å². The number of hydrogen-bond donors (Lipinski definition) is 1. The molecule has 122 valence electrons. The molecule has 5 nitrogen and oxygen atoms in total. The van der Waals surface area contributed by atoms with Gasteiger partial charge in [0, 0.05) is 0 Å². The van der Waals surface area contributed by atoms with Gasteiger partial charge in [-0.15, -0.1) is 0 Å². The monoisotopic (exact) mass is 317 g/mol. The Bertz CT molecular complexity index is 690. The molecule has 6 heteroatoms. The predicted octanol–water partition coefficient (Wildman–Crippen LogP) is 3.21. The maximum atomic E-state index is 13.2. The average molecular weight is 317 g/mol. The van der Waals surface area contributed by atoms with E-state index in [1.54, 1.807) is 19.1 Å². The van der Waals surface area contributed by atoms with Crippen LogP contribution in [0.5, 0.6) is 0 Å². The predicted molar refractivity (Wildman–Crippen MR) is 82.1 cm³/mol. The number of aryl methyl sites for hydroxylation is 1. The first-order chi connectivity index (χ1) is 11.0. The van der Waals surface area contributed by atoms with E-state index in [1.165, 1.54) is 12.1 Å². The minimum absolute atomic E-state index is 0.0649. The summed E-state index contributed by atoms with van der Waals surface area (Å²) in [5.74, 6) is 0.570. The molecule has 1 aromatic heterocycles. The summed E-state index contributed by atoms with van der Waals surface area (Å²) in [5.41, 5.74) is 0.264. The Morgan fingerprint density at radius 2 is 1.96 bits per heavy atom. The third kappa shape index (κ3) is 2.98. The van der Waals surface area contributed by atoms with E-state index in [4.69, 9.17) is 4.52 Å². The summed E-state index contributed by atoms with van der Waals surface area (Å²) in [6.07, 6.45) is 3.50. The first-order valence-corrected chi connectivity index (χ1v) is 7.88. The van der Waals surface area contributed by atoms with E-state index in [1.807, 2.05) is 6.92 Å². The molecule has 1 aliphatic rings. The van der Waals surface area contributed by atoms with E-state index >= 15 is 0 Å². The third-order valence-corrected chi connectivity index (χ3v) is 4.55. The molecular weight excluding hydrogens is 297 g/mol. The number of benzene rings is 1. The van der Waals surface area contributed by atoms with Crippen molar-refractivity contribution >= 4 is 5.91 Å². The van der Waals surface area contributed by atoms with Gasteiger partial charge < -0.3 is 9.84 Å². The molecule has 1 atom stereocenters. The van der Waals surface area contributed by atoms with Crippen LogP contribution < -0.4 is 5.32 Å². The van der Waals surface area contributed by atoms with Crippen molar-refractivity contribution < 1.29 is 13.7 Å². The topological polar surface area (TPSA) is 68.0 Å². The van der Waals surface area contributed by atoms with E-state index in [2.05, 4.69) is 15.5 Å². The summed E-state index contributed by atoms with van der Waals surface area (Å²) in [4.78, 5) is 17.1. The lowest BCUT2D eigenvalue weighted by Crippen LogP contribution is -2.43. The highest BCUT2D eigenvalue weighted by Crippen LogP contribution is 2.41. The van der Waals surface area contributed by atoms with E-state index < -0.39 is 5.41 Å². The van der Waals surface area contributed by atoms with Gasteiger partial charge in [0.05, 0.1) is 5.41 Å². The Balaban J connectivity index is 1.83. The van der Waals surface area contributed by atoms with Crippen LogP contribution in [0.4, 0.5) is 4.39 Å². The third-order valence-electron chi connectivity index (χ3n) is 4.55. The fraction of sp³-hybridized carbons (Fsp3) is 0.471. The van der Waals surface area contributed by atoms with Gasteiger partial charge in [-0.2, -0.15) is 4.98 Å². The second kappa shape index (κ2) is 6.10. The number of carbonyl (C=O) groups excluding carboxylic acids is 1. The van der Waals surface area contributed by atoms with E-state index in [0.29, 0.717) is 11.7 Å². The van der Waals surface area contributed by atoms with Crippen LogP contribution >= 0.6 is 0 Å². The van der Waals surface area contributed by atoms with Crippen LogP contribution in [0.15, 0.2) is 28.8 Å². The highest BCUT2D eigenvalue weighted by molar-refractivity contribution is 5.88. The Labute approximate surface area is 134 Å². The fourth-order valence-electron chi connectivity index (χ4n) is 3.28. The van der Waals surface area contributed by atoms with Crippen LogP contribution in [0.25, 0.3) is 0 Å². The molecule has 0 aliphatic heterocycles. The lowest BCUT2D eigenvalue weighted by atomic mass is 9.78. The first-order valence-electron chi connectivity index (χ1n) is 7.88. The molecule has 1 N–H and O–H groups in total. The lowest BCUT2D eigenvalue weighted by molar-refractivity contribution is -0.127. The number of nitrogens with zero attached hydrogens (tertiary/aromatic N) is 2. The molecule has 3 rings (SSSR count). The van der Waals surface area contributed by atoms with Gasteiger partial charge in [-0.1, -0.05) is 30.1 Å². The van der Waals surface area contributed by atoms with Crippen molar-refractivity contribution in [3.63, 3.8) is 0 Å². The number of halogens is 1. The van der Waals surface area contributed by atoms with E-state index in [9.17, 15) is 9.18 Å². The van der Waals surface area contributed by atoms with Gasteiger partial charge in [0.1, 0.15) is 11.9 Å². The van der Waals surface area contributed by atoms with Crippen LogP contribution in [0, 0.1) is 12.7 Å². The number of nitrogens with one attached hydrogen (secondary N) is 1. The van der Waals surface area contributed by atoms with Gasteiger partial charge in [-0.3, -0.25) is 4.79 Å². The number of amides is 1. The highest BCUT2D eigenvalue weighted by Gasteiger charge is 2.43. The average Bonchev–Trinajstić information content (AvgIpc) is 3.17. The Morgan fingerprint density at radius 3 is 2.52 bits per heavy atom. The van der Waals surface area contributed by atoms with Crippen molar-refractivity contribution in [2.45, 2.75) is 51.0 Å². The zero-order valence-corrected chi connectivity index (χ0v) is 13.3. The van der Waals surface area contributed by atoms with Gasteiger partial charge in [-0.05, 0) is 44.4 Å². The molecule has 1 fully saturated rings. The van der Waals surface area contributed by atoms with Gasteiger partial charge >= 0.3 is 0 Å². The molecule has 1 aliphatic carbocycles. The normalized spacial score (nSPS) is 17.9. The molecule has 23 heavy (non-hydrogen) atoms. The second-order valence-electron chi connectivity index (χ2n) is 6.17. The van der Waals surface area contributed by atoms with E-state index in [-0.39, 0.29) is 17.8 Å². The fourth-order valence-corrected chi connectivity index (χ4v) is 3.28. The standard InChI is InChI=1S/C17H20FN3O2/c1-11(15-20-12(2)21-23-15)19-16(22)17(9-3-4-10-17)13-5-7-14(18)8-6-13/h5-8,11H,3-4,9-10H2,1-2H3,(H,19,22).